The van der Waals surface area contributed by atoms with Crippen LogP contribution in [0.25, 0.3) is 0 Å². The highest BCUT2D eigenvalue weighted by Gasteiger charge is 2.58. The maximum Gasteiger partial charge on any atom is 0.0731 e. The van der Waals surface area contributed by atoms with E-state index < -0.39 is 0 Å². The van der Waals surface area contributed by atoms with Crippen molar-refractivity contribution in [3.63, 3.8) is 0 Å². The highest BCUT2D eigenvalue weighted by molar-refractivity contribution is 5.85. The van der Waals surface area contributed by atoms with E-state index in [2.05, 4.69) is 38.0 Å². The summed E-state index contributed by atoms with van der Waals surface area (Å²) in [5.74, 6) is 0.876. The normalized spacial score (nSPS) is 34.7. The highest BCUT2D eigenvalue weighted by Crippen LogP contribution is 2.53. The summed E-state index contributed by atoms with van der Waals surface area (Å²) in [6, 6.07) is 0.664. The Morgan fingerprint density at radius 1 is 1.21 bits per heavy atom. The maximum atomic E-state index is 5.72. The van der Waals surface area contributed by atoms with Crippen molar-refractivity contribution in [3.05, 3.63) is 0 Å². The summed E-state index contributed by atoms with van der Waals surface area (Å²) in [6.45, 7) is 10.6. The number of hydrogen-bond acceptors (Lipinski definition) is 3. The molecule has 4 heteroatoms. The summed E-state index contributed by atoms with van der Waals surface area (Å²) < 4.78 is 5.72. The molecule has 0 radical (unpaired) electrons. The van der Waals surface area contributed by atoms with Crippen molar-refractivity contribution >= 4 is 12.4 Å². The van der Waals surface area contributed by atoms with Gasteiger partial charge in [-0.25, -0.2) is 0 Å². The summed E-state index contributed by atoms with van der Waals surface area (Å²) >= 11 is 0. The molecule has 1 saturated carbocycles. The third-order valence-electron chi connectivity index (χ3n) is 5.77. The van der Waals surface area contributed by atoms with Crippen LogP contribution in [0, 0.1) is 11.3 Å². The fraction of sp³-hybridized carbons (Fsp3) is 1.00. The highest BCUT2D eigenvalue weighted by atomic mass is 35.5. The molecule has 0 amide bonds. The van der Waals surface area contributed by atoms with Gasteiger partial charge in [0.05, 0.1) is 5.60 Å². The number of piperidine rings is 1. The predicted octanol–water partition coefficient (Wildman–Crippen LogP) is 2.54. The minimum absolute atomic E-state index is 0. The first-order valence-corrected chi connectivity index (χ1v) is 7.37. The lowest BCUT2D eigenvalue weighted by Crippen LogP contribution is -2.68. The summed E-state index contributed by atoms with van der Waals surface area (Å²) in [7, 11) is 4.15. The van der Waals surface area contributed by atoms with Crippen molar-refractivity contribution in [2.45, 2.75) is 51.7 Å². The molecule has 0 bridgehead atoms. The first kappa shape index (κ1) is 17.2. The fourth-order valence-corrected chi connectivity index (χ4v) is 3.76. The van der Waals surface area contributed by atoms with E-state index in [1.807, 2.05) is 7.11 Å². The van der Waals surface area contributed by atoms with Gasteiger partial charge in [0.1, 0.15) is 0 Å². The third-order valence-corrected chi connectivity index (χ3v) is 5.77. The van der Waals surface area contributed by atoms with Crippen LogP contribution in [0.15, 0.2) is 0 Å². The van der Waals surface area contributed by atoms with E-state index >= 15 is 0 Å². The summed E-state index contributed by atoms with van der Waals surface area (Å²) in [4.78, 5) is 2.58. The minimum Gasteiger partial charge on any atom is -0.378 e. The molecule has 1 aliphatic heterocycles. The number of rotatable bonds is 4. The Hall–Kier alpha value is 0.170. The number of halogens is 1. The molecule has 2 fully saturated rings. The molecule has 19 heavy (non-hydrogen) atoms. The quantitative estimate of drug-likeness (QED) is 0.861. The zero-order valence-corrected chi connectivity index (χ0v) is 14.0. The standard InChI is InChI=1S/C15H30N2O.ClH/c1-14(2)13(10-15(14,3)18-5)17(4)11-12-6-8-16-9-7-12;/h12-13,16H,6-11H2,1-5H3;1H. The largest absolute Gasteiger partial charge is 0.378 e. The number of ether oxygens (including phenoxy) is 1. The van der Waals surface area contributed by atoms with Crippen LogP contribution in [0.5, 0.6) is 0 Å². The molecule has 2 rings (SSSR count). The van der Waals surface area contributed by atoms with Gasteiger partial charge in [-0.1, -0.05) is 13.8 Å². The van der Waals surface area contributed by atoms with Gasteiger partial charge in [0.25, 0.3) is 0 Å². The Balaban J connectivity index is 0.00000180. The molecule has 2 unspecified atom stereocenters. The average Bonchev–Trinajstić information content (AvgIpc) is 2.36. The topological polar surface area (TPSA) is 24.5 Å². The maximum absolute atomic E-state index is 5.72. The van der Waals surface area contributed by atoms with Gasteiger partial charge in [-0.15, -0.1) is 12.4 Å². The van der Waals surface area contributed by atoms with Crippen LogP contribution in [0.4, 0.5) is 0 Å². The van der Waals surface area contributed by atoms with Crippen LogP contribution in [-0.2, 0) is 4.74 Å². The van der Waals surface area contributed by atoms with Crippen LogP contribution in [-0.4, -0.2) is 50.3 Å². The summed E-state index contributed by atoms with van der Waals surface area (Å²) in [6.07, 6.45) is 3.83. The molecular formula is C15H31ClN2O. The van der Waals surface area contributed by atoms with Crippen LogP contribution in [0.3, 0.4) is 0 Å². The van der Waals surface area contributed by atoms with Crippen LogP contribution in [0.1, 0.15) is 40.0 Å². The third kappa shape index (κ3) is 3.10. The molecule has 0 aromatic carbocycles. The van der Waals surface area contributed by atoms with Crippen LogP contribution >= 0.6 is 12.4 Å². The van der Waals surface area contributed by atoms with Crippen molar-refractivity contribution in [1.82, 2.24) is 10.2 Å². The SMILES string of the molecule is COC1(C)CC(N(C)CC2CCNCC2)C1(C)C.Cl. The molecule has 0 spiro atoms. The Morgan fingerprint density at radius 3 is 2.26 bits per heavy atom. The van der Waals surface area contributed by atoms with Crippen molar-refractivity contribution in [2.24, 2.45) is 11.3 Å². The van der Waals surface area contributed by atoms with Gasteiger partial charge in [0, 0.05) is 25.1 Å². The van der Waals surface area contributed by atoms with E-state index in [0.717, 1.165) is 12.3 Å². The molecule has 0 aromatic rings. The van der Waals surface area contributed by atoms with Crippen molar-refractivity contribution in [1.29, 1.82) is 0 Å². The second-order valence-corrected chi connectivity index (χ2v) is 7.01. The smallest absolute Gasteiger partial charge is 0.0731 e. The Morgan fingerprint density at radius 2 is 1.79 bits per heavy atom. The van der Waals surface area contributed by atoms with Gasteiger partial charge in [-0.05, 0) is 52.2 Å². The lowest BCUT2D eigenvalue weighted by atomic mass is 9.55. The number of nitrogens with one attached hydrogen (secondary N) is 1. The summed E-state index contributed by atoms with van der Waals surface area (Å²) in [5.41, 5.74) is 0.309. The predicted molar refractivity (Wildman–Crippen MR) is 83.1 cm³/mol. The van der Waals surface area contributed by atoms with Crippen LogP contribution in [0.2, 0.25) is 0 Å². The Labute approximate surface area is 124 Å². The van der Waals surface area contributed by atoms with Gasteiger partial charge < -0.3 is 15.0 Å². The molecule has 2 atom stereocenters. The molecule has 3 nitrogen and oxygen atoms in total. The fourth-order valence-electron chi connectivity index (χ4n) is 3.76. The van der Waals surface area contributed by atoms with E-state index in [9.17, 15) is 0 Å². The lowest BCUT2D eigenvalue weighted by molar-refractivity contribution is -0.207. The second kappa shape index (κ2) is 6.30. The van der Waals surface area contributed by atoms with Crippen LogP contribution < -0.4 is 5.32 Å². The molecule has 1 saturated heterocycles. The minimum atomic E-state index is 0. The number of methoxy groups -OCH3 is 1. The van der Waals surface area contributed by atoms with E-state index in [4.69, 9.17) is 4.74 Å². The zero-order chi connectivity index (χ0) is 13.4. The Kier molecular flexibility index (Phi) is 5.71. The van der Waals surface area contributed by atoms with Crippen molar-refractivity contribution < 1.29 is 4.74 Å². The van der Waals surface area contributed by atoms with E-state index in [1.165, 1.54) is 32.5 Å². The van der Waals surface area contributed by atoms with Gasteiger partial charge in [0.2, 0.25) is 0 Å². The first-order chi connectivity index (χ1) is 8.40. The Bertz CT molecular complexity index is 292. The van der Waals surface area contributed by atoms with Gasteiger partial charge in [0.15, 0.2) is 0 Å². The van der Waals surface area contributed by atoms with Crippen molar-refractivity contribution in [3.8, 4) is 0 Å². The van der Waals surface area contributed by atoms with Gasteiger partial charge in [-0.2, -0.15) is 0 Å². The number of nitrogens with zero attached hydrogens (tertiary/aromatic N) is 1. The molecular weight excluding hydrogens is 260 g/mol. The van der Waals surface area contributed by atoms with Gasteiger partial charge >= 0.3 is 0 Å². The van der Waals surface area contributed by atoms with Gasteiger partial charge in [-0.3, -0.25) is 0 Å². The average molecular weight is 291 g/mol. The summed E-state index contributed by atoms with van der Waals surface area (Å²) in [5, 5.41) is 3.45. The zero-order valence-electron chi connectivity index (χ0n) is 13.2. The van der Waals surface area contributed by atoms with Crippen molar-refractivity contribution in [2.75, 3.05) is 33.8 Å². The van der Waals surface area contributed by atoms with E-state index in [-0.39, 0.29) is 23.4 Å². The molecule has 1 heterocycles. The molecule has 0 aromatic heterocycles. The molecule has 2 aliphatic rings. The lowest BCUT2D eigenvalue weighted by Gasteiger charge is -2.62. The molecule has 1 N–H and O–H groups in total. The first-order valence-electron chi connectivity index (χ1n) is 7.37. The van der Waals surface area contributed by atoms with E-state index in [0.29, 0.717) is 6.04 Å². The molecule has 1 aliphatic carbocycles. The monoisotopic (exact) mass is 290 g/mol. The second-order valence-electron chi connectivity index (χ2n) is 7.01. The molecule has 114 valence electrons. The van der Waals surface area contributed by atoms with E-state index in [1.54, 1.807) is 0 Å². The number of hydrogen-bond donors (Lipinski definition) is 1.